The molecule has 5 nitrogen and oxygen atoms in total. The summed E-state index contributed by atoms with van der Waals surface area (Å²) in [5.41, 5.74) is 0.797. The summed E-state index contributed by atoms with van der Waals surface area (Å²) >= 11 is 3.45. The van der Waals surface area contributed by atoms with Crippen LogP contribution < -0.4 is 10.9 Å². The number of H-pyrrole nitrogens is 1. The molecule has 0 saturated carbocycles. The van der Waals surface area contributed by atoms with E-state index in [2.05, 4.69) is 26.2 Å². The van der Waals surface area contributed by atoms with Crippen LogP contribution in [0.25, 0.3) is 10.9 Å². The highest BCUT2D eigenvalue weighted by atomic mass is 79.9. The fourth-order valence-corrected chi connectivity index (χ4v) is 3.00. The van der Waals surface area contributed by atoms with E-state index < -0.39 is 17.3 Å². The van der Waals surface area contributed by atoms with Gasteiger partial charge >= 0.3 is 5.97 Å². The summed E-state index contributed by atoms with van der Waals surface area (Å²) in [6.07, 6.45) is 0. The predicted octanol–water partition coefficient (Wildman–Crippen LogP) is 3.83. The van der Waals surface area contributed by atoms with Crippen molar-refractivity contribution in [2.24, 2.45) is 0 Å². The Hall–Kier alpha value is -2.67. The van der Waals surface area contributed by atoms with Gasteiger partial charge in [0.25, 0.3) is 5.56 Å². The van der Waals surface area contributed by atoms with Crippen molar-refractivity contribution < 1.29 is 13.9 Å². The number of aromatic amines is 1. The van der Waals surface area contributed by atoms with Crippen molar-refractivity contribution in [3.05, 3.63) is 74.2 Å². The minimum absolute atomic E-state index is 0.187. The Kier molecular flexibility index (Phi) is 4.85. The van der Waals surface area contributed by atoms with Crippen LogP contribution in [0.3, 0.4) is 0 Å². The van der Waals surface area contributed by atoms with Gasteiger partial charge < -0.3 is 15.0 Å². The van der Waals surface area contributed by atoms with Gasteiger partial charge in [-0.1, -0.05) is 34.1 Å². The molecular weight excluding hydrogens is 391 g/mol. The van der Waals surface area contributed by atoms with Crippen LogP contribution in [0.5, 0.6) is 0 Å². The van der Waals surface area contributed by atoms with Gasteiger partial charge in [0.15, 0.2) is 0 Å². The Morgan fingerprint density at radius 2 is 2.04 bits per heavy atom. The molecule has 0 unspecified atom stereocenters. The van der Waals surface area contributed by atoms with Crippen LogP contribution in [0.15, 0.2) is 51.7 Å². The molecule has 0 bridgehead atoms. The van der Waals surface area contributed by atoms with Crippen molar-refractivity contribution in [2.45, 2.75) is 6.54 Å². The van der Waals surface area contributed by atoms with E-state index in [1.165, 1.54) is 25.3 Å². The van der Waals surface area contributed by atoms with Crippen LogP contribution >= 0.6 is 15.9 Å². The average molecular weight is 405 g/mol. The lowest BCUT2D eigenvalue weighted by Gasteiger charge is -2.14. The molecule has 0 aliphatic heterocycles. The van der Waals surface area contributed by atoms with Crippen molar-refractivity contribution in [2.75, 3.05) is 12.4 Å². The molecule has 128 valence electrons. The molecule has 25 heavy (non-hydrogen) atoms. The standard InChI is InChI=1S/C18H14BrFN2O3/c1-25-18(24)15-16(21-9-10-4-2-3-5-13(10)19)12-8-11(20)6-7-14(12)22-17(15)23/h2-8H,9H2,1H3,(H2,21,22,23). The maximum Gasteiger partial charge on any atom is 0.345 e. The van der Waals surface area contributed by atoms with Gasteiger partial charge in [-0.05, 0) is 29.8 Å². The maximum absolute atomic E-state index is 13.7. The molecular formula is C18H14BrFN2O3. The molecule has 1 heterocycles. The third-order valence-electron chi connectivity index (χ3n) is 3.78. The summed E-state index contributed by atoms with van der Waals surface area (Å²) in [7, 11) is 1.19. The first-order valence-electron chi connectivity index (χ1n) is 7.42. The third-order valence-corrected chi connectivity index (χ3v) is 4.55. The fourth-order valence-electron chi connectivity index (χ4n) is 2.57. The van der Waals surface area contributed by atoms with E-state index >= 15 is 0 Å². The van der Waals surface area contributed by atoms with Crippen molar-refractivity contribution in [1.29, 1.82) is 0 Å². The van der Waals surface area contributed by atoms with Crippen LogP contribution in [0.4, 0.5) is 10.1 Å². The van der Waals surface area contributed by atoms with Crippen molar-refractivity contribution in [3.8, 4) is 0 Å². The SMILES string of the molecule is COC(=O)c1c(NCc2ccccc2Br)c2cc(F)ccc2[nH]c1=O. The number of rotatable bonds is 4. The molecule has 2 aromatic carbocycles. The normalized spacial score (nSPS) is 10.7. The first kappa shape index (κ1) is 17.2. The van der Waals surface area contributed by atoms with E-state index in [1.807, 2.05) is 24.3 Å². The molecule has 0 saturated heterocycles. The third kappa shape index (κ3) is 3.41. The second kappa shape index (κ2) is 7.06. The summed E-state index contributed by atoms with van der Waals surface area (Å²) in [6, 6.07) is 11.5. The van der Waals surface area contributed by atoms with E-state index in [9.17, 15) is 14.0 Å². The van der Waals surface area contributed by atoms with Gasteiger partial charge in [0.1, 0.15) is 11.4 Å². The zero-order valence-corrected chi connectivity index (χ0v) is 14.8. The monoisotopic (exact) mass is 404 g/mol. The number of esters is 1. The summed E-state index contributed by atoms with van der Waals surface area (Å²) in [5.74, 6) is -1.26. The van der Waals surface area contributed by atoms with Gasteiger partial charge in [-0.15, -0.1) is 0 Å². The number of carbonyl (C=O) groups is 1. The van der Waals surface area contributed by atoms with Crippen molar-refractivity contribution in [1.82, 2.24) is 4.98 Å². The minimum atomic E-state index is -0.790. The minimum Gasteiger partial charge on any atom is -0.465 e. The number of anilines is 1. The first-order valence-corrected chi connectivity index (χ1v) is 8.21. The van der Waals surface area contributed by atoms with E-state index in [0.717, 1.165) is 10.0 Å². The number of benzene rings is 2. The number of nitrogens with one attached hydrogen (secondary N) is 2. The zero-order chi connectivity index (χ0) is 18.0. The van der Waals surface area contributed by atoms with Gasteiger partial charge in [0.05, 0.1) is 18.3 Å². The number of halogens is 2. The van der Waals surface area contributed by atoms with Crippen molar-refractivity contribution >= 4 is 38.5 Å². The molecule has 0 aliphatic carbocycles. The molecule has 0 atom stereocenters. The largest absolute Gasteiger partial charge is 0.465 e. The number of hydrogen-bond donors (Lipinski definition) is 2. The number of carbonyl (C=O) groups excluding carboxylic acids is 1. The number of pyridine rings is 1. The van der Waals surface area contributed by atoms with E-state index in [-0.39, 0.29) is 11.3 Å². The summed E-state index contributed by atoms with van der Waals surface area (Å²) in [6.45, 7) is 0.334. The van der Waals surface area contributed by atoms with E-state index in [1.54, 1.807) is 0 Å². The number of aromatic nitrogens is 1. The Labute approximate surface area is 151 Å². The van der Waals surface area contributed by atoms with Gasteiger partial charge in [-0.3, -0.25) is 4.79 Å². The Bertz CT molecular complexity index is 1020. The lowest BCUT2D eigenvalue weighted by molar-refractivity contribution is 0.0600. The molecule has 0 radical (unpaired) electrons. The lowest BCUT2D eigenvalue weighted by Crippen LogP contribution is -2.22. The molecule has 3 aromatic rings. The van der Waals surface area contributed by atoms with Gasteiger partial charge in [-0.2, -0.15) is 0 Å². The Morgan fingerprint density at radius 3 is 2.76 bits per heavy atom. The molecule has 0 spiro atoms. The van der Waals surface area contributed by atoms with E-state index in [0.29, 0.717) is 17.4 Å². The van der Waals surface area contributed by atoms with Crippen LogP contribution in [0.1, 0.15) is 15.9 Å². The second-order valence-corrected chi connectivity index (χ2v) is 6.18. The van der Waals surface area contributed by atoms with E-state index in [4.69, 9.17) is 4.74 Å². The molecule has 2 N–H and O–H groups in total. The summed E-state index contributed by atoms with van der Waals surface area (Å²) in [4.78, 5) is 27.0. The summed E-state index contributed by atoms with van der Waals surface area (Å²) in [5, 5.41) is 3.47. The fraction of sp³-hybridized carbons (Fsp3) is 0.111. The van der Waals surface area contributed by atoms with Crippen LogP contribution in [-0.2, 0) is 11.3 Å². The highest BCUT2D eigenvalue weighted by Crippen LogP contribution is 2.27. The second-order valence-electron chi connectivity index (χ2n) is 5.33. The maximum atomic E-state index is 13.7. The number of hydrogen-bond acceptors (Lipinski definition) is 4. The zero-order valence-electron chi connectivity index (χ0n) is 13.2. The van der Waals surface area contributed by atoms with Gasteiger partial charge in [-0.25, -0.2) is 9.18 Å². The van der Waals surface area contributed by atoms with Crippen molar-refractivity contribution in [3.63, 3.8) is 0 Å². The Balaban J connectivity index is 2.16. The molecule has 1 aromatic heterocycles. The van der Waals surface area contributed by atoms with Crippen LogP contribution in [0.2, 0.25) is 0 Å². The molecule has 3 rings (SSSR count). The lowest BCUT2D eigenvalue weighted by atomic mass is 10.1. The number of fused-ring (bicyclic) bond motifs is 1. The summed E-state index contributed by atoms with van der Waals surface area (Å²) < 4.78 is 19.3. The van der Waals surface area contributed by atoms with Gasteiger partial charge in [0.2, 0.25) is 0 Å². The molecule has 0 aliphatic rings. The molecule has 0 fully saturated rings. The topological polar surface area (TPSA) is 71.2 Å². The van der Waals surface area contributed by atoms with Gasteiger partial charge in [0, 0.05) is 16.4 Å². The van der Waals surface area contributed by atoms with Crippen LogP contribution in [-0.4, -0.2) is 18.1 Å². The highest BCUT2D eigenvalue weighted by Gasteiger charge is 2.20. The average Bonchev–Trinajstić information content (AvgIpc) is 2.60. The highest BCUT2D eigenvalue weighted by molar-refractivity contribution is 9.10. The molecule has 0 amide bonds. The number of methoxy groups -OCH3 is 1. The smallest absolute Gasteiger partial charge is 0.345 e. The predicted molar refractivity (Wildman–Crippen MR) is 97.3 cm³/mol. The Morgan fingerprint density at radius 1 is 1.28 bits per heavy atom. The quantitative estimate of drug-likeness (QED) is 0.648. The molecule has 7 heteroatoms. The first-order chi connectivity index (χ1) is 12.0. The number of ether oxygens (including phenoxy) is 1. The van der Waals surface area contributed by atoms with Crippen LogP contribution in [0, 0.1) is 5.82 Å².